The third kappa shape index (κ3) is 6.82. The number of likely N-dealkylation sites (tertiary alicyclic amines) is 1. The molecule has 0 bridgehead atoms. The molecule has 2 aromatic rings. The molecule has 1 aliphatic heterocycles. The van der Waals surface area contributed by atoms with E-state index in [9.17, 15) is 22.8 Å². The average Bonchev–Trinajstić information content (AvgIpc) is 3.28. The number of nitrogens with zero attached hydrogens (tertiary/aromatic N) is 2. The Kier molecular flexibility index (Phi) is 9.33. The van der Waals surface area contributed by atoms with Crippen molar-refractivity contribution in [2.24, 2.45) is 5.41 Å². The Morgan fingerprint density at radius 3 is 2.27 bits per heavy atom. The number of carbonyl (C=O) groups excluding carboxylic acids is 3. The second-order valence-electron chi connectivity index (χ2n) is 12.3. The molecular formula is C29H44N5O5S+. The first-order valence-electron chi connectivity index (χ1n) is 13.6. The molecule has 40 heavy (non-hydrogen) atoms. The number of hydrogen-bond donors (Lipinski definition) is 3. The maximum Gasteiger partial charge on any atom is 0.294 e. The number of amides is 3. The number of fused-ring (bicyclic) bond motifs is 1. The molecule has 3 amide bonds. The molecule has 4 unspecified atom stereocenters. The Morgan fingerprint density at radius 2 is 1.70 bits per heavy atom. The average molecular weight is 575 g/mol. The smallest absolute Gasteiger partial charge is 0.294 e. The molecule has 0 aromatic heterocycles. The first-order chi connectivity index (χ1) is 18.5. The van der Waals surface area contributed by atoms with Crippen molar-refractivity contribution in [2.45, 2.75) is 64.7 Å². The van der Waals surface area contributed by atoms with E-state index < -0.39 is 39.6 Å². The third-order valence-corrected chi connectivity index (χ3v) is 10.1. The molecule has 0 spiro atoms. The molecule has 0 aliphatic carbocycles. The highest BCUT2D eigenvalue weighted by molar-refractivity contribution is 7.85. The number of likely N-dealkylation sites (N-methyl/N-ethyl adjacent to an activating group) is 2. The molecule has 1 heterocycles. The molecule has 10 nitrogen and oxygen atoms in total. The molecule has 3 rings (SSSR count). The van der Waals surface area contributed by atoms with Crippen LogP contribution in [0.25, 0.3) is 10.8 Å². The maximum atomic E-state index is 14.1. The lowest BCUT2D eigenvalue weighted by atomic mass is 9.85. The molecule has 0 saturated carbocycles. The molecular weight excluding hydrogens is 530 g/mol. The summed E-state index contributed by atoms with van der Waals surface area (Å²) >= 11 is 0. The Labute approximate surface area is 238 Å². The van der Waals surface area contributed by atoms with Crippen molar-refractivity contribution in [3.05, 3.63) is 42.5 Å². The van der Waals surface area contributed by atoms with Crippen molar-refractivity contribution in [1.29, 1.82) is 0 Å². The highest BCUT2D eigenvalue weighted by Gasteiger charge is 2.52. The molecule has 3 N–H and O–H groups in total. The molecule has 4 atom stereocenters. The largest absolute Gasteiger partial charge is 0.342 e. The van der Waals surface area contributed by atoms with Gasteiger partial charge in [0, 0.05) is 18.7 Å². The summed E-state index contributed by atoms with van der Waals surface area (Å²) in [7, 11) is 1.28. The zero-order valence-corrected chi connectivity index (χ0v) is 25.6. The Bertz CT molecular complexity index is 1370. The zero-order valence-electron chi connectivity index (χ0n) is 24.8. The van der Waals surface area contributed by atoms with E-state index in [1.54, 1.807) is 33.0 Å². The summed E-state index contributed by atoms with van der Waals surface area (Å²) in [6, 6.07) is 10.8. The standard InChI is InChI=1S/C29H43N5O5S/c1-19(30-5)27(36)32-26(29(2,3)4)28(37)33-16-15-24(34(6,7)40(8,38)39)23(33)18-25(35)31-22-14-13-20-11-9-10-12-21(20)17-22/h9-14,17,19,23-24,26,30H,15-16,18H2,1-8H3,(H-,31,32,35,36)/p+1. The fourth-order valence-corrected chi connectivity index (χ4v) is 5.95. The van der Waals surface area contributed by atoms with E-state index in [1.165, 1.54) is 6.26 Å². The van der Waals surface area contributed by atoms with E-state index >= 15 is 0 Å². The minimum Gasteiger partial charge on any atom is -0.342 e. The van der Waals surface area contributed by atoms with Gasteiger partial charge in [0.25, 0.3) is 10.0 Å². The van der Waals surface area contributed by atoms with E-state index in [-0.39, 0.29) is 34.6 Å². The van der Waals surface area contributed by atoms with E-state index in [2.05, 4.69) is 16.0 Å². The highest BCUT2D eigenvalue weighted by Crippen LogP contribution is 2.33. The van der Waals surface area contributed by atoms with E-state index in [0.29, 0.717) is 12.1 Å². The van der Waals surface area contributed by atoms with Crippen molar-refractivity contribution in [1.82, 2.24) is 15.5 Å². The normalized spacial score (nSPS) is 19.8. The van der Waals surface area contributed by atoms with Crippen LogP contribution in [0.4, 0.5) is 5.69 Å². The number of carbonyl (C=O) groups is 3. The number of nitrogens with one attached hydrogen (secondary N) is 3. The molecule has 1 aliphatic rings. The fraction of sp³-hybridized carbons (Fsp3) is 0.552. The molecule has 1 saturated heterocycles. The van der Waals surface area contributed by atoms with Crippen LogP contribution in [0.1, 0.15) is 40.5 Å². The van der Waals surface area contributed by atoms with Gasteiger partial charge in [0.1, 0.15) is 12.1 Å². The second-order valence-corrected chi connectivity index (χ2v) is 14.7. The van der Waals surface area contributed by atoms with Crippen LogP contribution >= 0.6 is 0 Å². The first-order valence-corrected chi connectivity index (χ1v) is 15.4. The monoisotopic (exact) mass is 574 g/mol. The highest BCUT2D eigenvalue weighted by atomic mass is 32.2. The first kappa shape index (κ1) is 31.5. The molecule has 2 aromatic carbocycles. The van der Waals surface area contributed by atoms with E-state index in [0.717, 1.165) is 10.8 Å². The summed E-state index contributed by atoms with van der Waals surface area (Å²) in [5.74, 6) is -0.966. The van der Waals surface area contributed by atoms with Gasteiger partial charge in [0.05, 0.1) is 38.9 Å². The van der Waals surface area contributed by atoms with E-state index in [4.69, 9.17) is 0 Å². The van der Waals surface area contributed by atoms with Crippen LogP contribution in [-0.4, -0.2) is 93.0 Å². The summed E-state index contributed by atoms with van der Waals surface area (Å²) in [5.41, 5.74) is -0.00825. The van der Waals surface area contributed by atoms with Crippen molar-refractivity contribution >= 4 is 44.2 Å². The second kappa shape index (κ2) is 11.8. The summed E-state index contributed by atoms with van der Waals surface area (Å²) in [6.45, 7) is 7.58. The lowest BCUT2D eigenvalue weighted by molar-refractivity contribution is -0.792. The van der Waals surface area contributed by atoms with Crippen LogP contribution in [0.2, 0.25) is 0 Å². The van der Waals surface area contributed by atoms with Gasteiger partial charge in [0.2, 0.25) is 17.7 Å². The number of sulfonamides is 1. The van der Waals surface area contributed by atoms with Gasteiger partial charge >= 0.3 is 0 Å². The summed E-state index contributed by atoms with van der Waals surface area (Å²) in [4.78, 5) is 41.8. The quantitative estimate of drug-likeness (QED) is 0.395. The third-order valence-electron chi connectivity index (χ3n) is 8.10. The van der Waals surface area contributed by atoms with E-state index in [1.807, 2.05) is 63.2 Å². The van der Waals surface area contributed by atoms with Crippen LogP contribution in [0.15, 0.2) is 42.5 Å². The lowest BCUT2D eigenvalue weighted by Gasteiger charge is -2.40. The van der Waals surface area contributed by atoms with Gasteiger partial charge in [0.15, 0.2) is 0 Å². The van der Waals surface area contributed by atoms with Crippen molar-refractivity contribution < 1.29 is 26.7 Å². The van der Waals surface area contributed by atoms with Crippen molar-refractivity contribution in [3.63, 3.8) is 0 Å². The van der Waals surface area contributed by atoms with Gasteiger partial charge in [-0.1, -0.05) is 51.1 Å². The number of anilines is 1. The fourth-order valence-electron chi connectivity index (χ4n) is 5.21. The minimum atomic E-state index is -3.58. The van der Waals surface area contributed by atoms with Gasteiger partial charge in [-0.25, -0.2) is 3.89 Å². The van der Waals surface area contributed by atoms with Gasteiger partial charge in [-0.3, -0.25) is 14.4 Å². The van der Waals surface area contributed by atoms with Gasteiger partial charge in [-0.05, 0) is 42.3 Å². The SMILES string of the molecule is CNC(C)C(=O)NC(C(=O)N1CCC([N+](C)(C)S(C)(=O)=O)C1CC(=O)Nc1ccc2ccccc2c1)C(C)(C)C. The topological polar surface area (TPSA) is 125 Å². The van der Waals surface area contributed by atoms with Crippen LogP contribution in [0, 0.1) is 5.41 Å². The van der Waals surface area contributed by atoms with Crippen LogP contribution in [0.3, 0.4) is 0 Å². The van der Waals surface area contributed by atoms with Crippen LogP contribution < -0.4 is 16.0 Å². The van der Waals surface area contributed by atoms with Gasteiger partial charge < -0.3 is 20.9 Å². The Balaban J connectivity index is 1.93. The maximum absolute atomic E-state index is 14.1. The van der Waals surface area contributed by atoms with Crippen molar-refractivity contribution in [2.75, 3.05) is 39.3 Å². The minimum absolute atomic E-state index is 0.0852. The lowest BCUT2D eigenvalue weighted by Crippen LogP contribution is -2.62. The predicted molar refractivity (Wildman–Crippen MR) is 158 cm³/mol. The van der Waals surface area contributed by atoms with Gasteiger partial charge in [-0.15, -0.1) is 0 Å². The summed E-state index contributed by atoms with van der Waals surface area (Å²) in [5, 5.41) is 10.7. The molecule has 1 fully saturated rings. The summed E-state index contributed by atoms with van der Waals surface area (Å²) in [6.07, 6.45) is 1.48. The number of rotatable bonds is 9. The zero-order chi connectivity index (χ0) is 30.0. The number of benzene rings is 2. The number of hydrogen-bond acceptors (Lipinski definition) is 6. The van der Waals surface area contributed by atoms with Crippen LogP contribution in [-0.2, 0) is 24.4 Å². The Hall–Kier alpha value is -3.02. The van der Waals surface area contributed by atoms with Crippen molar-refractivity contribution in [3.8, 4) is 0 Å². The molecule has 0 radical (unpaired) electrons. The van der Waals surface area contributed by atoms with Crippen LogP contribution in [0.5, 0.6) is 0 Å². The molecule has 220 valence electrons. The predicted octanol–water partition coefficient (Wildman–Crippen LogP) is 2.31. The molecule has 11 heteroatoms. The number of quaternary nitrogens is 1. The summed E-state index contributed by atoms with van der Waals surface area (Å²) < 4.78 is 25.3. The van der Waals surface area contributed by atoms with Gasteiger partial charge in [-0.2, -0.15) is 8.42 Å². The Morgan fingerprint density at radius 1 is 1.07 bits per heavy atom.